The molecule has 3 aliphatic carbocycles. The molecule has 0 aromatic heterocycles. The minimum atomic E-state index is 0. The van der Waals surface area contributed by atoms with Crippen molar-refractivity contribution in [3.63, 3.8) is 0 Å². The van der Waals surface area contributed by atoms with Crippen molar-refractivity contribution >= 4 is 0 Å². The largest absolute Gasteiger partial charge is 1.00 e. The second-order valence-electron chi connectivity index (χ2n) is 15.7. The van der Waals surface area contributed by atoms with Crippen LogP contribution in [0.1, 0.15) is 128 Å². The average molecular weight is 656 g/mol. The summed E-state index contributed by atoms with van der Waals surface area (Å²) in [4.78, 5) is 0. The number of fused-ring (bicyclic) bond motifs is 3. The fraction of sp³-hybridized carbons (Fsp3) is 0.568. The van der Waals surface area contributed by atoms with Crippen LogP contribution in [0, 0.1) is 24.7 Å². The molecule has 0 fully saturated rings. The predicted octanol–water partition coefficient (Wildman–Crippen LogP) is 4.83. The van der Waals surface area contributed by atoms with Gasteiger partial charge in [0.1, 0.15) is 0 Å². The Morgan fingerprint density at radius 1 is 0.750 bits per heavy atom. The maximum absolute atomic E-state index is 2.67. The van der Waals surface area contributed by atoms with Gasteiger partial charge in [-0.15, -0.1) is 0 Å². The first kappa shape index (κ1) is 33.9. The van der Waals surface area contributed by atoms with Crippen LogP contribution in [-0.2, 0) is 35.5 Å². The molecule has 0 radical (unpaired) electrons. The summed E-state index contributed by atoms with van der Waals surface area (Å²) in [6, 6.07) is 10.4. The van der Waals surface area contributed by atoms with E-state index < -0.39 is 0 Å². The Balaban J connectivity index is 0.00000220. The van der Waals surface area contributed by atoms with Crippen LogP contribution in [0.25, 0.3) is 11.1 Å². The summed E-state index contributed by atoms with van der Waals surface area (Å²) >= 11 is 1.69. The molecule has 2 atom stereocenters. The Morgan fingerprint density at radius 2 is 1.20 bits per heavy atom. The van der Waals surface area contributed by atoms with E-state index in [1.165, 1.54) is 52.6 Å². The van der Waals surface area contributed by atoms with Gasteiger partial charge in [0.15, 0.2) is 0 Å². The van der Waals surface area contributed by atoms with Gasteiger partial charge in [-0.1, -0.05) is 0 Å². The summed E-state index contributed by atoms with van der Waals surface area (Å²) in [5.41, 5.74) is 17.9. The third-order valence-electron chi connectivity index (χ3n) is 10.0. The van der Waals surface area contributed by atoms with E-state index in [1.807, 2.05) is 0 Å². The molecule has 3 aliphatic rings. The number of hydrogen-bond donors (Lipinski definition) is 0. The van der Waals surface area contributed by atoms with Gasteiger partial charge in [0.2, 0.25) is 0 Å². The van der Waals surface area contributed by atoms with Crippen molar-refractivity contribution in [3.05, 3.63) is 80.4 Å². The van der Waals surface area contributed by atoms with Gasteiger partial charge in [0, 0.05) is 0 Å². The smallest absolute Gasteiger partial charge is 1.00 e. The Morgan fingerprint density at radius 3 is 1.57 bits per heavy atom. The van der Waals surface area contributed by atoms with Gasteiger partial charge in [0.25, 0.3) is 0 Å². The van der Waals surface area contributed by atoms with E-state index in [4.69, 9.17) is 0 Å². The van der Waals surface area contributed by atoms with E-state index >= 15 is 0 Å². The predicted molar refractivity (Wildman–Crippen MR) is 161 cm³/mol. The Kier molecular flexibility index (Phi) is 9.17. The van der Waals surface area contributed by atoms with E-state index in [-0.39, 0.29) is 46.5 Å². The molecule has 5 rings (SSSR count). The van der Waals surface area contributed by atoms with Gasteiger partial charge in [-0.25, -0.2) is 0 Å². The van der Waals surface area contributed by atoms with Crippen molar-refractivity contribution < 1.29 is 49.5 Å². The molecule has 0 nitrogen and oxygen atoms in total. The molecule has 0 saturated carbocycles. The zero-order chi connectivity index (χ0) is 28.2. The SMILES string of the molecule is CCC1(C2c3cc(C)c(C(C)(C)C)cc3-c3cc(C(C)(C)C)c(C)cc32)C[CH]([Zr+2])C2=C1C=C(C(C)(C)C)C2.[Cl-].[Cl-]. The molecule has 0 spiro atoms. The molecule has 2 aromatic carbocycles. The van der Waals surface area contributed by atoms with Crippen molar-refractivity contribution in [1.29, 1.82) is 0 Å². The quantitative estimate of drug-likeness (QED) is 0.435. The minimum Gasteiger partial charge on any atom is -1.00 e. The monoisotopic (exact) mass is 653 g/mol. The molecule has 40 heavy (non-hydrogen) atoms. The number of rotatable bonds is 2. The molecule has 2 unspecified atom stereocenters. The van der Waals surface area contributed by atoms with Crippen LogP contribution in [0.15, 0.2) is 47.1 Å². The summed E-state index contributed by atoms with van der Waals surface area (Å²) in [7, 11) is 0. The van der Waals surface area contributed by atoms with Crippen molar-refractivity contribution in [2.24, 2.45) is 10.8 Å². The molecule has 215 valence electrons. The van der Waals surface area contributed by atoms with Gasteiger partial charge >= 0.3 is 250 Å². The van der Waals surface area contributed by atoms with Crippen molar-refractivity contribution in [2.45, 2.75) is 123 Å². The molecule has 2 aromatic rings. The normalized spacial score (nSPS) is 22.4. The van der Waals surface area contributed by atoms with Crippen LogP contribution in [0.5, 0.6) is 0 Å². The zero-order valence-corrected chi connectivity index (χ0v) is 30.9. The molecule has 0 N–H and O–H groups in total. The van der Waals surface area contributed by atoms with Crippen molar-refractivity contribution in [3.8, 4) is 11.1 Å². The molecule has 0 bridgehead atoms. The first-order valence-electron chi connectivity index (χ1n) is 14.9. The number of halogens is 2. The van der Waals surface area contributed by atoms with Gasteiger partial charge in [0.05, 0.1) is 0 Å². The number of allylic oxidation sites excluding steroid dienone is 4. The topological polar surface area (TPSA) is 0 Å². The summed E-state index contributed by atoms with van der Waals surface area (Å²) < 4.78 is 0.741. The van der Waals surface area contributed by atoms with E-state index in [1.54, 1.807) is 52.6 Å². The molecule has 0 heterocycles. The molecular weight excluding hydrogens is 607 g/mol. The van der Waals surface area contributed by atoms with E-state index in [2.05, 4.69) is 113 Å². The second-order valence-corrected chi connectivity index (χ2v) is 17.5. The number of hydrogen-bond acceptors (Lipinski definition) is 0. The van der Waals surface area contributed by atoms with Gasteiger partial charge in [-0.05, 0) is 0 Å². The molecule has 0 saturated heterocycles. The van der Waals surface area contributed by atoms with E-state index in [0.29, 0.717) is 5.92 Å². The molecule has 3 heteroatoms. The van der Waals surface area contributed by atoms with Gasteiger partial charge < -0.3 is 24.8 Å². The van der Waals surface area contributed by atoms with Gasteiger partial charge in [-0.2, -0.15) is 0 Å². The standard InChI is InChI=1S/C37H49.2ClH.Zr/c1-13-37(15-14-24-18-25(19-32(24)37)34(4,5)6)33-28-16-22(2)30(35(7,8)9)20-26(28)27-21-31(36(10,11)12)23(3)17-29(27)33;;;/h14,16-17,19-21,33H,13,15,18H2,1-12H3;2*1H;/q;;;+2/p-2. The summed E-state index contributed by atoms with van der Waals surface area (Å²) in [5.74, 6) is 0.434. The van der Waals surface area contributed by atoms with Crippen LogP contribution < -0.4 is 24.8 Å². The van der Waals surface area contributed by atoms with Gasteiger partial charge in [-0.3, -0.25) is 0 Å². The Labute approximate surface area is 272 Å². The van der Waals surface area contributed by atoms with Crippen molar-refractivity contribution in [2.75, 3.05) is 0 Å². The summed E-state index contributed by atoms with van der Waals surface area (Å²) in [6.45, 7) is 28.6. The third-order valence-corrected chi connectivity index (χ3v) is 11.4. The van der Waals surface area contributed by atoms with Crippen molar-refractivity contribution in [1.82, 2.24) is 0 Å². The second kappa shape index (κ2) is 10.8. The fourth-order valence-corrected chi connectivity index (χ4v) is 9.60. The van der Waals surface area contributed by atoms with Crippen LogP contribution in [-0.4, -0.2) is 0 Å². The van der Waals surface area contributed by atoms with Crippen LogP contribution >= 0.6 is 0 Å². The average Bonchev–Trinajstić information content (AvgIpc) is 3.42. The molecule has 0 aliphatic heterocycles. The maximum Gasteiger partial charge on any atom is -1.00 e. The summed E-state index contributed by atoms with van der Waals surface area (Å²) in [6.07, 6.45) is 6.39. The zero-order valence-electron chi connectivity index (χ0n) is 26.9. The van der Waals surface area contributed by atoms with E-state index in [9.17, 15) is 0 Å². The first-order chi connectivity index (χ1) is 17.4. The molecule has 0 amide bonds. The summed E-state index contributed by atoms with van der Waals surface area (Å²) in [5, 5.41) is 0. The van der Waals surface area contributed by atoms with Crippen LogP contribution in [0.3, 0.4) is 0 Å². The Hall–Kier alpha value is -0.617. The van der Waals surface area contributed by atoms with E-state index in [0.717, 1.165) is 3.63 Å². The fourth-order valence-electron chi connectivity index (χ4n) is 8.07. The number of benzene rings is 2. The first-order valence-corrected chi connectivity index (χ1v) is 16.3. The Bertz CT molecular complexity index is 1320. The van der Waals surface area contributed by atoms with Crippen LogP contribution in [0.2, 0.25) is 3.63 Å². The van der Waals surface area contributed by atoms with Crippen LogP contribution in [0.4, 0.5) is 0 Å². The molecular formula is C37H49Cl2Zr. The minimum absolute atomic E-state index is 0. The number of aryl methyl sites for hydroxylation is 2. The maximum atomic E-state index is 2.67. The third kappa shape index (κ3) is 5.22.